The third-order valence-electron chi connectivity index (χ3n) is 3.39. The van der Waals surface area contributed by atoms with Crippen LogP contribution in [-0.2, 0) is 0 Å². The lowest BCUT2D eigenvalue weighted by Crippen LogP contribution is -2.34. The van der Waals surface area contributed by atoms with Crippen LogP contribution >= 0.6 is 11.8 Å². The maximum absolute atomic E-state index is 3.72. The molecule has 0 heterocycles. The van der Waals surface area contributed by atoms with Crippen molar-refractivity contribution < 1.29 is 0 Å². The van der Waals surface area contributed by atoms with Crippen molar-refractivity contribution in [2.24, 2.45) is 5.92 Å². The molecule has 0 bridgehead atoms. The summed E-state index contributed by atoms with van der Waals surface area (Å²) in [6, 6.07) is 0.828. The zero-order chi connectivity index (χ0) is 10.9. The summed E-state index contributed by atoms with van der Waals surface area (Å²) in [5.41, 5.74) is 0. The summed E-state index contributed by atoms with van der Waals surface area (Å²) >= 11 is 1.97. The highest BCUT2D eigenvalue weighted by Gasteiger charge is 2.17. The van der Waals surface area contributed by atoms with E-state index in [9.17, 15) is 0 Å². The molecule has 0 aliphatic heterocycles. The van der Waals surface area contributed by atoms with E-state index in [1.54, 1.807) is 0 Å². The quantitative estimate of drug-likeness (QED) is 0.668. The zero-order valence-corrected chi connectivity index (χ0v) is 11.2. The summed E-state index contributed by atoms with van der Waals surface area (Å²) in [7, 11) is 0. The van der Waals surface area contributed by atoms with Gasteiger partial charge in [0.2, 0.25) is 0 Å². The van der Waals surface area contributed by atoms with Gasteiger partial charge in [-0.2, -0.15) is 11.8 Å². The molecule has 0 aromatic rings. The number of unbranched alkanes of at least 4 members (excludes halogenated alkanes) is 2. The van der Waals surface area contributed by atoms with Crippen LogP contribution in [-0.4, -0.2) is 24.6 Å². The zero-order valence-electron chi connectivity index (χ0n) is 10.4. The summed E-state index contributed by atoms with van der Waals surface area (Å²) in [6.07, 6.45) is 12.1. The average Bonchev–Trinajstić information content (AvgIpc) is 2.23. The minimum atomic E-state index is 0.828. The van der Waals surface area contributed by atoms with Gasteiger partial charge in [0.25, 0.3) is 0 Å². The molecular formula is C13H27NS. The number of thioether (sulfide) groups is 1. The van der Waals surface area contributed by atoms with Gasteiger partial charge in [-0.1, -0.05) is 26.2 Å². The van der Waals surface area contributed by atoms with Crippen LogP contribution in [0.15, 0.2) is 0 Å². The second-order valence-electron chi connectivity index (χ2n) is 4.98. The first-order valence-electron chi connectivity index (χ1n) is 6.55. The smallest absolute Gasteiger partial charge is 0.00696 e. The van der Waals surface area contributed by atoms with Crippen LogP contribution in [0.3, 0.4) is 0 Å². The highest BCUT2D eigenvalue weighted by atomic mass is 32.2. The SMILES string of the molecule is CSCCCCCNC1CCCC(C)C1. The third-order valence-corrected chi connectivity index (χ3v) is 4.09. The maximum atomic E-state index is 3.72. The second-order valence-corrected chi connectivity index (χ2v) is 5.96. The van der Waals surface area contributed by atoms with E-state index >= 15 is 0 Å². The molecule has 15 heavy (non-hydrogen) atoms. The van der Waals surface area contributed by atoms with Crippen molar-refractivity contribution in [3.63, 3.8) is 0 Å². The fraction of sp³-hybridized carbons (Fsp3) is 1.00. The van der Waals surface area contributed by atoms with Crippen LogP contribution in [0.5, 0.6) is 0 Å². The van der Waals surface area contributed by atoms with Gasteiger partial charge in [0.1, 0.15) is 0 Å². The minimum Gasteiger partial charge on any atom is -0.314 e. The lowest BCUT2D eigenvalue weighted by molar-refractivity contribution is 0.300. The monoisotopic (exact) mass is 229 g/mol. The molecule has 1 rings (SSSR count). The molecule has 0 radical (unpaired) electrons. The number of rotatable bonds is 7. The highest BCUT2D eigenvalue weighted by molar-refractivity contribution is 7.98. The van der Waals surface area contributed by atoms with Crippen LogP contribution in [0.1, 0.15) is 51.9 Å². The van der Waals surface area contributed by atoms with Gasteiger partial charge in [-0.15, -0.1) is 0 Å². The summed E-state index contributed by atoms with van der Waals surface area (Å²) in [4.78, 5) is 0. The molecule has 1 fully saturated rings. The Bertz CT molecular complexity index is 149. The fourth-order valence-corrected chi connectivity index (χ4v) is 2.97. The predicted molar refractivity (Wildman–Crippen MR) is 71.7 cm³/mol. The molecule has 1 aliphatic rings. The third kappa shape index (κ3) is 6.47. The Morgan fingerprint density at radius 3 is 2.80 bits per heavy atom. The first-order chi connectivity index (χ1) is 7.33. The Morgan fingerprint density at radius 1 is 1.20 bits per heavy atom. The van der Waals surface area contributed by atoms with Gasteiger partial charge in [-0.25, -0.2) is 0 Å². The van der Waals surface area contributed by atoms with Crippen molar-refractivity contribution in [3.05, 3.63) is 0 Å². The van der Waals surface area contributed by atoms with Crippen molar-refractivity contribution in [1.29, 1.82) is 0 Å². The Labute approximate surface area is 99.8 Å². The minimum absolute atomic E-state index is 0.828. The van der Waals surface area contributed by atoms with Gasteiger partial charge >= 0.3 is 0 Å². The van der Waals surface area contributed by atoms with Crippen LogP contribution in [0.25, 0.3) is 0 Å². The van der Waals surface area contributed by atoms with Crippen molar-refractivity contribution in [2.45, 2.75) is 57.9 Å². The van der Waals surface area contributed by atoms with E-state index in [0.717, 1.165) is 12.0 Å². The maximum Gasteiger partial charge on any atom is 0.00696 e. The van der Waals surface area contributed by atoms with E-state index in [4.69, 9.17) is 0 Å². The summed E-state index contributed by atoms with van der Waals surface area (Å²) in [5, 5.41) is 3.72. The molecule has 1 N–H and O–H groups in total. The lowest BCUT2D eigenvalue weighted by Gasteiger charge is -2.27. The Hall–Kier alpha value is 0.310. The number of hydrogen-bond donors (Lipinski definition) is 1. The summed E-state index contributed by atoms with van der Waals surface area (Å²) in [5.74, 6) is 2.29. The van der Waals surface area contributed by atoms with E-state index in [1.165, 1.54) is 57.2 Å². The van der Waals surface area contributed by atoms with Crippen LogP contribution < -0.4 is 5.32 Å². The standard InChI is InChI=1S/C13H27NS/c1-12-7-6-8-13(11-12)14-9-4-3-5-10-15-2/h12-14H,3-11H2,1-2H3. The molecule has 0 aromatic carbocycles. The molecule has 2 heteroatoms. The van der Waals surface area contributed by atoms with Gasteiger partial charge in [0.05, 0.1) is 0 Å². The van der Waals surface area contributed by atoms with Crippen molar-refractivity contribution >= 4 is 11.8 Å². The lowest BCUT2D eigenvalue weighted by atomic mass is 9.87. The predicted octanol–water partition coefficient (Wildman–Crippen LogP) is 3.69. The largest absolute Gasteiger partial charge is 0.314 e. The molecule has 0 saturated heterocycles. The van der Waals surface area contributed by atoms with E-state index in [2.05, 4.69) is 18.5 Å². The first kappa shape index (κ1) is 13.4. The van der Waals surface area contributed by atoms with Gasteiger partial charge in [-0.05, 0) is 50.2 Å². The molecule has 1 aliphatic carbocycles. The van der Waals surface area contributed by atoms with Crippen LogP contribution in [0.2, 0.25) is 0 Å². The van der Waals surface area contributed by atoms with Gasteiger partial charge in [0.15, 0.2) is 0 Å². The average molecular weight is 229 g/mol. The Kier molecular flexibility index (Phi) is 7.54. The van der Waals surface area contributed by atoms with Crippen molar-refractivity contribution in [2.75, 3.05) is 18.6 Å². The van der Waals surface area contributed by atoms with Crippen molar-refractivity contribution in [1.82, 2.24) is 5.32 Å². The van der Waals surface area contributed by atoms with E-state index in [1.807, 2.05) is 11.8 Å². The fourth-order valence-electron chi connectivity index (χ4n) is 2.47. The molecule has 1 nitrogen and oxygen atoms in total. The number of nitrogens with one attached hydrogen (secondary N) is 1. The van der Waals surface area contributed by atoms with E-state index in [-0.39, 0.29) is 0 Å². The highest BCUT2D eigenvalue weighted by Crippen LogP contribution is 2.23. The molecule has 0 amide bonds. The van der Waals surface area contributed by atoms with Gasteiger partial charge < -0.3 is 5.32 Å². The van der Waals surface area contributed by atoms with Crippen molar-refractivity contribution in [3.8, 4) is 0 Å². The molecule has 90 valence electrons. The normalized spacial score (nSPS) is 26.8. The molecule has 2 atom stereocenters. The molecular weight excluding hydrogens is 202 g/mol. The molecule has 0 aromatic heterocycles. The van der Waals surface area contributed by atoms with E-state index in [0.29, 0.717) is 0 Å². The van der Waals surface area contributed by atoms with Gasteiger partial charge in [-0.3, -0.25) is 0 Å². The molecule has 1 saturated carbocycles. The summed E-state index contributed by atoms with van der Waals surface area (Å²) < 4.78 is 0. The molecule has 2 unspecified atom stereocenters. The van der Waals surface area contributed by atoms with Crippen LogP contribution in [0, 0.1) is 5.92 Å². The second kappa shape index (κ2) is 8.46. The van der Waals surface area contributed by atoms with E-state index < -0.39 is 0 Å². The van der Waals surface area contributed by atoms with Gasteiger partial charge in [0, 0.05) is 6.04 Å². The Morgan fingerprint density at radius 2 is 2.07 bits per heavy atom. The van der Waals surface area contributed by atoms with Crippen LogP contribution in [0.4, 0.5) is 0 Å². The first-order valence-corrected chi connectivity index (χ1v) is 7.94. The summed E-state index contributed by atoms with van der Waals surface area (Å²) in [6.45, 7) is 3.64. The molecule has 0 spiro atoms. The topological polar surface area (TPSA) is 12.0 Å². The Balaban J connectivity index is 1.90. The number of hydrogen-bond acceptors (Lipinski definition) is 2.